The van der Waals surface area contributed by atoms with Gasteiger partial charge in [-0.05, 0) is 37.2 Å². The molecule has 0 spiro atoms. The van der Waals surface area contributed by atoms with Crippen LogP contribution in [-0.2, 0) is 9.53 Å². The summed E-state index contributed by atoms with van der Waals surface area (Å²) >= 11 is 0. The molecule has 0 aromatic carbocycles. The van der Waals surface area contributed by atoms with Crippen molar-refractivity contribution < 1.29 is 18.3 Å². The number of carbonyl (C=O) groups excluding carboxylic acids is 1. The lowest BCUT2D eigenvalue weighted by Gasteiger charge is -2.33. The Balaban J connectivity index is 0.000000535. The van der Waals surface area contributed by atoms with Crippen molar-refractivity contribution in [2.75, 3.05) is 12.4 Å². The van der Waals surface area contributed by atoms with Gasteiger partial charge in [-0.25, -0.2) is 23.7 Å². The predicted molar refractivity (Wildman–Crippen MR) is 110 cm³/mol. The van der Waals surface area contributed by atoms with Crippen LogP contribution >= 0.6 is 0 Å². The van der Waals surface area contributed by atoms with E-state index in [1.165, 1.54) is 45.3 Å². The van der Waals surface area contributed by atoms with Gasteiger partial charge in [0, 0.05) is 6.04 Å². The van der Waals surface area contributed by atoms with E-state index < -0.39 is 11.6 Å². The molecule has 31 heavy (non-hydrogen) atoms. The summed E-state index contributed by atoms with van der Waals surface area (Å²) in [4.78, 5) is 21.3. The number of hydrogen-bond acceptors (Lipinski definition) is 7. The molecule has 3 aromatic rings. The Morgan fingerprint density at radius 3 is 2.84 bits per heavy atom. The van der Waals surface area contributed by atoms with Gasteiger partial charge in [0.05, 0.1) is 24.9 Å². The monoisotopic (exact) mass is 430 g/mol. The largest absolute Gasteiger partial charge is 0.471 e. The normalized spacial score (nSPS) is 22.4. The van der Waals surface area contributed by atoms with E-state index in [0.717, 1.165) is 24.7 Å². The SMILES string of the molecule is COC=O.Fc1cnc2n[nH]c(-c3ncc(F)c(NC4CC5CCCC4CC5)n3)c2c1. The highest BCUT2D eigenvalue weighted by atomic mass is 19.1. The fourth-order valence-electron chi connectivity index (χ4n) is 4.58. The molecule has 0 amide bonds. The fraction of sp³-hybridized carbons (Fsp3) is 0.476. The zero-order chi connectivity index (χ0) is 21.8. The van der Waals surface area contributed by atoms with Crippen LogP contribution in [0.3, 0.4) is 0 Å². The lowest BCUT2D eigenvalue weighted by atomic mass is 9.80. The Morgan fingerprint density at radius 2 is 2.03 bits per heavy atom. The van der Waals surface area contributed by atoms with Crippen molar-refractivity contribution in [3.63, 3.8) is 0 Å². The number of nitrogens with zero attached hydrogens (tertiary/aromatic N) is 4. The van der Waals surface area contributed by atoms with Crippen molar-refractivity contribution in [3.8, 4) is 11.5 Å². The molecule has 2 N–H and O–H groups in total. The van der Waals surface area contributed by atoms with Gasteiger partial charge in [0.1, 0.15) is 11.5 Å². The molecule has 3 fully saturated rings. The van der Waals surface area contributed by atoms with Crippen LogP contribution in [0.1, 0.15) is 38.5 Å². The summed E-state index contributed by atoms with van der Waals surface area (Å²) in [5.41, 5.74) is 0.803. The summed E-state index contributed by atoms with van der Waals surface area (Å²) in [6.45, 7) is 0.375. The lowest BCUT2D eigenvalue weighted by molar-refractivity contribution is -0.126. The second-order valence-electron chi connectivity index (χ2n) is 7.97. The van der Waals surface area contributed by atoms with Crippen molar-refractivity contribution in [3.05, 3.63) is 30.1 Å². The summed E-state index contributed by atoms with van der Waals surface area (Å²) in [6.07, 6.45) is 9.49. The van der Waals surface area contributed by atoms with E-state index in [-0.39, 0.29) is 17.7 Å². The Kier molecular flexibility index (Phi) is 6.34. The number of aromatic nitrogens is 5. The van der Waals surface area contributed by atoms with Gasteiger partial charge in [0.15, 0.2) is 23.1 Å². The Labute approximate surface area is 177 Å². The maximum absolute atomic E-state index is 14.4. The highest BCUT2D eigenvalue weighted by Crippen LogP contribution is 2.40. The first-order valence-electron chi connectivity index (χ1n) is 10.3. The third-order valence-corrected chi connectivity index (χ3v) is 6.05. The second-order valence-corrected chi connectivity index (χ2v) is 7.97. The lowest BCUT2D eigenvalue weighted by Crippen LogP contribution is -2.34. The quantitative estimate of drug-likeness (QED) is 0.606. The Hall–Kier alpha value is -3.17. The van der Waals surface area contributed by atoms with Crippen LogP contribution in [0.15, 0.2) is 18.5 Å². The van der Waals surface area contributed by atoms with Crippen LogP contribution in [0.25, 0.3) is 22.6 Å². The summed E-state index contributed by atoms with van der Waals surface area (Å²) in [5.74, 6) is 0.799. The molecular formula is C21H24F2N6O2. The molecule has 3 saturated carbocycles. The molecule has 2 bridgehead atoms. The molecule has 0 aliphatic heterocycles. The third kappa shape index (κ3) is 4.62. The summed E-state index contributed by atoms with van der Waals surface area (Å²) in [5, 5.41) is 10.6. The number of nitrogens with one attached hydrogen (secondary N) is 2. The van der Waals surface area contributed by atoms with E-state index >= 15 is 0 Å². The minimum atomic E-state index is -0.480. The summed E-state index contributed by atoms with van der Waals surface area (Å²) < 4.78 is 31.8. The average Bonchev–Trinajstić information content (AvgIpc) is 2.94. The number of fused-ring (bicyclic) bond motifs is 5. The summed E-state index contributed by atoms with van der Waals surface area (Å²) in [7, 11) is 1.31. The molecule has 6 rings (SSSR count). The predicted octanol–water partition coefficient (Wildman–Crippen LogP) is 3.86. The molecule has 3 aliphatic rings. The number of methoxy groups -OCH3 is 1. The van der Waals surface area contributed by atoms with Crippen LogP contribution in [0.4, 0.5) is 14.6 Å². The van der Waals surface area contributed by atoms with Gasteiger partial charge in [0.2, 0.25) is 0 Å². The van der Waals surface area contributed by atoms with E-state index in [1.807, 2.05) is 0 Å². The molecule has 3 aliphatic carbocycles. The maximum Gasteiger partial charge on any atom is 0.292 e. The minimum Gasteiger partial charge on any atom is -0.471 e. The molecule has 0 saturated heterocycles. The Morgan fingerprint density at radius 1 is 1.19 bits per heavy atom. The van der Waals surface area contributed by atoms with E-state index in [1.54, 1.807) is 0 Å². The molecule has 3 atom stereocenters. The number of rotatable bonds is 4. The smallest absolute Gasteiger partial charge is 0.292 e. The van der Waals surface area contributed by atoms with Gasteiger partial charge < -0.3 is 10.1 Å². The van der Waals surface area contributed by atoms with Gasteiger partial charge >= 0.3 is 0 Å². The number of hydrogen-bond donors (Lipinski definition) is 2. The van der Waals surface area contributed by atoms with Crippen molar-refractivity contribution in [1.29, 1.82) is 0 Å². The number of anilines is 1. The van der Waals surface area contributed by atoms with Crippen LogP contribution in [-0.4, -0.2) is 44.8 Å². The third-order valence-electron chi connectivity index (χ3n) is 6.05. The first kappa shape index (κ1) is 21.1. The topological polar surface area (TPSA) is 106 Å². The van der Waals surface area contributed by atoms with Gasteiger partial charge in [-0.1, -0.05) is 19.3 Å². The first-order chi connectivity index (χ1) is 15.1. The molecule has 3 unspecified atom stereocenters. The molecule has 8 nitrogen and oxygen atoms in total. The van der Waals surface area contributed by atoms with E-state index in [2.05, 4.69) is 35.2 Å². The van der Waals surface area contributed by atoms with Crippen molar-refractivity contribution >= 4 is 23.3 Å². The molecule has 3 heterocycles. The number of ether oxygens (including phenoxy) is 1. The number of H-pyrrole nitrogens is 1. The first-order valence-corrected chi connectivity index (χ1v) is 10.3. The maximum atomic E-state index is 14.4. The van der Waals surface area contributed by atoms with Gasteiger partial charge in [-0.15, -0.1) is 0 Å². The van der Waals surface area contributed by atoms with E-state index in [9.17, 15) is 8.78 Å². The molecule has 10 heteroatoms. The molecular weight excluding hydrogens is 406 g/mol. The summed E-state index contributed by atoms with van der Waals surface area (Å²) in [6, 6.07) is 1.56. The zero-order valence-corrected chi connectivity index (χ0v) is 17.1. The standard InChI is InChI=1S/C19H20F2N6.C2H4O2/c20-12-7-13-16(26-27-17(13)22-8-12)19-23-9-14(21)18(25-19)24-15-6-10-2-1-3-11(15)5-4-10;1-4-2-3/h7-11,15H,1-6H2,(H,22,26,27)(H,23,24,25);2H,1H3. The molecule has 3 aromatic heterocycles. The van der Waals surface area contributed by atoms with Gasteiger partial charge in [-0.2, -0.15) is 5.10 Å². The molecule has 0 radical (unpaired) electrons. The van der Waals surface area contributed by atoms with Crippen LogP contribution in [0, 0.1) is 23.5 Å². The van der Waals surface area contributed by atoms with Crippen molar-refractivity contribution in [1.82, 2.24) is 25.1 Å². The second kappa shape index (κ2) is 9.32. The van der Waals surface area contributed by atoms with Crippen LogP contribution in [0.5, 0.6) is 0 Å². The minimum absolute atomic E-state index is 0.199. The van der Waals surface area contributed by atoms with E-state index in [0.29, 0.717) is 29.1 Å². The highest BCUT2D eigenvalue weighted by molar-refractivity contribution is 5.88. The van der Waals surface area contributed by atoms with Crippen LogP contribution < -0.4 is 5.32 Å². The van der Waals surface area contributed by atoms with Crippen molar-refractivity contribution in [2.24, 2.45) is 11.8 Å². The number of carbonyl (C=O) groups is 1. The van der Waals surface area contributed by atoms with Gasteiger partial charge in [-0.3, -0.25) is 9.89 Å². The average molecular weight is 430 g/mol. The fourth-order valence-corrected chi connectivity index (χ4v) is 4.58. The van der Waals surface area contributed by atoms with Crippen molar-refractivity contribution in [2.45, 2.75) is 44.6 Å². The highest BCUT2D eigenvalue weighted by Gasteiger charge is 2.34. The van der Waals surface area contributed by atoms with Crippen LogP contribution in [0.2, 0.25) is 0 Å². The Bertz CT molecular complexity index is 1060. The number of halogens is 2. The van der Waals surface area contributed by atoms with E-state index in [4.69, 9.17) is 4.79 Å². The number of pyridine rings is 1. The number of aromatic amines is 1. The molecule has 164 valence electrons. The van der Waals surface area contributed by atoms with Gasteiger partial charge in [0.25, 0.3) is 6.47 Å². The zero-order valence-electron chi connectivity index (χ0n) is 17.1.